The second-order valence-corrected chi connectivity index (χ2v) is 10.4. The molecular weight excluding hydrogens is 360 g/mol. The first kappa shape index (κ1) is 21.2. The van der Waals surface area contributed by atoms with E-state index in [0.717, 1.165) is 63.5 Å². The average Bonchev–Trinajstić information content (AvgIpc) is 3.02. The van der Waals surface area contributed by atoms with E-state index in [9.17, 15) is 4.79 Å². The van der Waals surface area contributed by atoms with Crippen molar-refractivity contribution >= 4 is 11.5 Å². The topological polar surface area (TPSA) is 64.7 Å². The molecule has 0 heterocycles. The molecule has 29 heavy (non-hydrogen) atoms. The smallest absolute Gasteiger partial charge is 0.139 e. The second-order valence-electron chi connectivity index (χ2n) is 10.4. The highest BCUT2D eigenvalue weighted by molar-refractivity contribution is 5.96. The minimum Gasteiger partial charge on any atom is -0.380 e. The van der Waals surface area contributed by atoms with Crippen molar-refractivity contribution in [3.8, 4) is 0 Å². The van der Waals surface area contributed by atoms with Crippen molar-refractivity contribution in [2.45, 2.75) is 78.1 Å². The van der Waals surface area contributed by atoms with Gasteiger partial charge in [0, 0.05) is 37.2 Å². The van der Waals surface area contributed by atoms with Crippen molar-refractivity contribution in [1.29, 1.82) is 0 Å². The molecule has 0 aliphatic heterocycles. The summed E-state index contributed by atoms with van der Waals surface area (Å²) in [6.45, 7) is 7.79. The van der Waals surface area contributed by atoms with Crippen LogP contribution in [-0.4, -0.2) is 37.8 Å². The van der Waals surface area contributed by atoms with Gasteiger partial charge in [0.25, 0.3) is 0 Å². The Kier molecular flexibility index (Phi) is 6.32. The van der Waals surface area contributed by atoms with Crippen LogP contribution in [0.5, 0.6) is 0 Å². The molecular formula is C25H40N2O2. The van der Waals surface area contributed by atoms with E-state index in [1.54, 1.807) is 5.57 Å². The highest BCUT2D eigenvalue weighted by atomic mass is 16.5. The number of nitrogens with two attached hydrogens (primary N) is 1. The lowest BCUT2D eigenvalue weighted by molar-refractivity contribution is -0.132. The Morgan fingerprint density at radius 1 is 1.03 bits per heavy atom. The lowest BCUT2D eigenvalue weighted by Gasteiger charge is -2.57. The molecule has 0 aromatic carbocycles. The molecule has 0 spiro atoms. The number of hydrogen-bond donors (Lipinski definition) is 1. The number of ether oxygens (including phenoxy) is 1. The van der Waals surface area contributed by atoms with Crippen molar-refractivity contribution in [3.05, 3.63) is 11.6 Å². The SMILES string of the molecule is CC12CCC3C(CCC4=CC(=NCCCCOCCN)CCC43C)C1CCC2=O. The lowest BCUT2D eigenvalue weighted by atomic mass is 9.47. The zero-order valence-corrected chi connectivity index (χ0v) is 18.5. The molecule has 0 aromatic rings. The molecule has 4 heteroatoms. The number of rotatable bonds is 7. The summed E-state index contributed by atoms with van der Waals surface area (Å²) < 4.78 is 5.45. The minimum atomic E-state index is -0.00605. The average molecular weight is 401 g/mol. The monoisotopic (exact) mass is 400 g/mol. The zero-order valence-electron chi connectivity index (χ0n) is 18.5. The number of fused-ring (bicyclic) bond motifs is 5. The van der Waals surface area contributed by atoms with Crippen molar-refractivity contribution in [2.24, 2.45) is 39.3 Å². The molecule has 4 nitrogen and oxygen atoms in total. The standard InChI is InChI=1S/C25H40N2O2/c1-24-11-9-19(27-14-3-4-15-29-16-13-26)17-18(24)5-6-20-21-7-8-23(28)25(21,2)12-10-22(20)24/h17,20-22H,3-16,26H2,1-2H3. The molecule has 3 saturated carbocycles. The van der Waals surface area contributed by atoms with E-state index in [0.29, 0.717) is 30.3 Å². The number of carbonyl (C=O) groups excluding carboxylic acids is 1. The maximum absolute atomic E-state index is 12.6. The Balaban J connectivity index is 1.39. The first-order valence-electron chi connectivity index (χ1n) is 12.0. The Bertz CT molecular complexity index is 684. The van der Waals surface area contributed by atoms with E-state index in [1.165, 1.54) is 31.4 Å². The summed E-state index contributed by atoms with van der Waals surface area (Å²) in [5.41, 5.74) is 8.74. The van der Waals surface area contributed by atoms with Crippen LogP contribution in [0.15, 0.2) is 16.6 Å². The Morgan fingerprint density at radius 3 is 2.69 bits per heavy atom. The Labute approximate surface area is 176 Å². The van der Waals surface area contributed by atoms with E-state index >= 15 is 0 Å². The highest BCUT2D eigenvalue weighted by Crippen LogP contribution is 2.64. The first-order valence-corrected chi connectivity index (χ1v) is 12.0. The fraction of sp³-hybridized carbons (Fsp3) is 0.840. The van der Waals surface area contributed by atoms with Crippen LogP contribution >= 0.6 is 0 Å². The van der Waals surface area contributed by atoms with Crippen molar-refractivity contribution in [1.82, 2.24) is 0 Å². The van der Waals surface area contributed by atoms with Crippen molar-refractivity contribution in [3.63, 3.8) is 0 Å². The summed E-state index contributed by atoms with van der Waals surface area (Å²) in [5, 5.41) is 0. The molecule has 0 radical (unpaired) electrons. The number of Topliss-reactive ketones (excluding diaryl/α,β-unsaturated/α-hetero) is 1. The second kappa shape index (κ2) is 8.63. The molecule has 162 valence electrons. The molecule has 3 fully saturated rings. The molecule has 0 aromatic heterocycles. The molecule has 5 atom stereocenters. The van der Waals surface area contributed by atoms with Crippen molar-refractivity contribution < 1.29 is 9.53 Å². The number of ketones is 1. The van der Waals surface area contributed by atoms with Gasteiger partial charge in [0.1, 0.15) is 5.78 Å². The summed E-state index contributed by atoms with van der Waals surface area (Å²) in [7, 11) is 0. The number of aliphatic imine (C=N–C) groups is 1. The zero-order chi connectivity index (χ0) is 20.5. The van der Waals surface area contributed by atoms with Gasteiger partial charge >= 0.3 is 0 Å². The van der Waals surface area contributed by atoms with Gasteiger partial charge in [-0.1, -0.05) is 19.4 Å². The number of nitrogens with zero attached hydrogens (tertiary/aromatic N) is 1. The quantitative estimate of drug-likeness (QED) is 0.629. The van der Waals surface area contributed by atoms with Crippen LogP contribution in [-0.2, 0) is 9.53 Å². The highest BCUT2D eigenvalue weighted by Gasteiger charge is 2.58. The van der Waals surface area contributed by atoms with Crippen molar-refractivity contribution in [2.75, 3.05) is 26.3 Å². The van der Waals surface area contributed by atoms with E-state index in [-0.39, 0.29) is 5.41 Å². The molecule has 5 unspecified atom stereocenters. The van der Waals surface area contributed by atoms with Gasteiger partial charge in [-0.2, -0.15) is 0 Å². The summed E-state index contributed by atoms with van der Waals surface area (Å²) >= 11 is 0. The van der Waals surface area contributed by atoms with Crippen LogP contribution in [0.2, 0.25) is 0 Å². The molecule has 0 amide bonds. The Morgan fingerprint density at radius 2 is 1.86 bits per heavy atom. The van der Waals surface area contributed by atoms with Crippen LogP contribution in [0.25, 0.3) is 0 Å². The largest absolute Gasteiger partial charge is 0.380 e. The number of allylic oxidation sites excluding steroid dienone is 2. The molecule has 2 N–H and O–H groups in total. The summed E-state index contributed by atoms with van der Waals surface area (Å²) in [4.78, 5) is 17.5. The van der Waals surface area contributed by atoms with E-state index in [1.807, 2.05) is 0 Å². The number of carbonyl (C=O) groups is 1. The molecule has 4 rings (SSSR count). The lowest BCUT2D eigenvalue weighted by Crippen LogP contribution is -2.50. The van der Waals surface area contributed by atoms with E-state index in [2.05, 4.69) is 19.9 Å². The fourth-order valence-corrected chi connectivity index (χ4v) is 7.19. The summed E-state index contributed by atoms with van der Waals surface area (Å²) in [6.07, 6.45) is 13.8. The third-order valence-corrected chi connectivity index (χ3v) is 8.96. The maximum atomic E-state index is 12.6. The third-order valence-electron chi connectivity index (χ3n) is 8.96. The predicted octanol–water partition coefficient (Wildman–Crippen LogP) is 4.71. The van der Waals surface area contributed by atoms with Gasteiger partial charge in [0.15, 0.2) is 0 Å². The predicted molar refractivity (Wildman–Crippen MR) is 118 cm³/mol. The molecule has 0 bridgehead atoms. The van der Waals surface area contributed by atoms with Gasteiger partial charge in [-0.05, 0) is 87.0 Å². The van der Waals surface area contributed by atoms with Gasteiger partial charge in [-0.3, -0.25) is 9.79 Å². The number of hydrogen-bond acceptors (Lipinski definition) is 4. The first-order chi connectivity index (χ1) is 14.0. The number of unbranched alkanes of at least 4 members (excludes halogenated alkanes) is 1. The van der Waals surface area contributed by atoms with Gasteiger partial charge in [-0.25, -0.2) is 0 Å². The van der Waals surface area contributed by atoms with Crippen LogP contribution in [0.3, 0.4) is 0 Å². The van der Waals surface area contributed by atoms with Gasteiger partial charge < -0.3 is 10.5 Å². The van der Waals surface area contributed by atoms with E-state index in [4.69, 9.17) is 15.5 Å². The van der Waals surface area contributed by atoms with Crippen LogP contribution < -0.4 is 5.73 Å². The summed E-state index contributed by atoms with van der Waals surface area (Å²) in [5.74, 6) is 2.73. The Hall–Kier alpha value is -1.00. The molecule has 4 aliphatic rings. The van der Waals surface area contributed by atoms with Gasteiger partial charge in [-0.15, -0.1) is 0 Å². The minimum absolute atomic E-state index is 0.00605. The van der Waals surface area contributed by atoms with Gasteiger partial charge in [0.05, 0.1) is 6.61 Å². The molecule has 4 aliphatic carbocycles. The normalized spacial score (nSPS) is 40.4. The van der Waals surface area contributed by atoms with E-state index < -0.39 is 0 Å². The third kappa shape index (κ3) is 3.87. The van der Waals surface area contributed by atoms with Gasteiger partial charge in [0.2, 0.25) is 0 Å². The van der Waals surface area contributed by atoms with Crippen LogP contribution in [0.4, 0.5) is 0 Å². The molecule has 0 saturated heterocycles. The fourth-order valence-electron chi connectivity index (χ4n) is 7.19. The maximum Gasteiger partial charge on any atom is 0.139 e. The van der Waals surface area contributed by atoms with Crippen LogP contribution in [0.1, 0.15) is 78.1 Å². The summed E-state index contributed by atoms with van der Waals surface area (Å²) in [6, 6.07) is 0. The van der Waals surface area contributed by atoms with Crippen LogP contribution in [0, 0.1) is 28.6 Å².